The number of benzene rings is 1. The predicted molar refractivity (Wildman–Crippen MR) is 98.4 cm³/mol. The Bertz CT molecular complexity index is 652. The van der Waals surface area contributed by atoms with E-state index in [1.807, 2.05) is 12.1 Å². The van der Waals surface area contributed by atoms with E-state index < -0.39 is 0 Å². The molecule has 1 aromatic heterocycles. The lowest BCUT2D eigenvalue weighted by atomic mass is 9.81. The maximum absolute atomic E-state index is 5.46. The average molecular weight is 327 g/mol. The van der Waals surface area contributed by atoms with Crippen molar-refractivity contribution in [3.05, 3.63) is 24.3 Å². The number of aromatic nitrogens is 1. The zero-order valence-corrected chi connectivity index (χ0v) is 14.8. The molecule has 0 N–H and O–H groups in total. The second kappa shape index (κ2) is 7.14. The summed E-state index contributed by atoms with van der Waals surface area (Å²) in [6.07, 6.45) is 7.17. The van der Waals surface area contributed by atoms with Gasteiger partial charge in [0.1, 0.15) is 0 Å². The fraction of sp³-hybridized carbons (Fsp3) is 0.650. The van der Waals surface area contributed by atoms with Crippen LogP contribution in [0.1, 0.15) is 39.0 Å². The molecule has 2 aliphatic rings. The lowest BCUT2D eigenvalue weighted by Crippen LogP contribution is -2.47. The van der Waals surface area contributed by atoms with Gasteiger partial charge in [-0.3, -0.25) is 4.90 Å². The van der Waals surface area contributed by atoms with Crippen molar-refractivity contribution in [1.82, 2.24) is 10.1 Å². The Balaban J connectivity index is 1.27. The van der Waals surface area contributed by atoms with E-state index in [0.29, 0.717) is 0 Å². The minimum Gasteiger partial charge on any atom is -0.354 e. The molecular formula is C20H29N3O. The fourth-order valence-corrected chi connectivity index (χ4v) is 4.27. The van der Waals surface area contributed by atoms with Gasteiger partial charge in [-0.05, 0) is 36.9 Å². The standard InChI is InChI=1S/C20H29N3O/c1-16-6-8-17(9-7-16)10-11-22-12-14-23(15-13-22)20-18-4-2-3-5-19(18)24-21-20/h2-5,16-17H,6-15H2,1H3. The lowest BCUT2D eigenvalue weighted by Gasteiger charge is -2.36. The number of hydrogen-bond acceptors (Lipinski definition) is 4. The highest BCUT2D eigenvalue weighted by Gasteiger charge is 2.23. The molecule has 0 amide bonds. The Labute approximate surface area is 144 Å². The smallest absolute Gasteiger partial charge is 0.180 e. The van der Waals surface area contributed by atoms with E-state index in [4.69, 9.17) is 4.52 Å². The van der Waals surface area contributed by atoms with Crippen LogP contribution in [-0.4, -0.2) is 42.8 Å². The Hall–Kier alpha value is -1.55. The number of anilines is 1. The monoisotopic (exact) mass is 327 g/mol. The third-order valence-corrected chi connectivity index (χ3v) is 6.02. The highest BCUT2D eigenvalue weighted by atomic mass is 16.5. The van der Waals surface area contributed by atoms with E-state index in [-0.39, 0.29) is 0 Å². The average Bonchev–Trinajstić information content (AvgIpc) is 3.06. The third kappa shape index (κ3) is 3.44. The number of fused-ring (bicyclic) bond motifs is 1. The summed E-state index contributed by atoms with van der Waals surface area (Å²) in [6, 6.07) is 8.16. The van der Waals surface area contributed by atoms with Gasteiger partial charge >= 0.3 is 0 Å². The molecule has 4 heteroatoms. The summed E-state index contributed by atoms with van der Waals surface area (Å²) in [6.45, 7) is 8.07. The van der Waals surface area contributed by atoms with Gasteiger partial charge in [-0.2, -0.15) is 0 Å². The van der Waals surface area contributed by atoms with Crippen LogP contribution in [0.3, 0.4) is 0 Å². The molecule has 1 aliphatic heterocycles. The predicted octanol–water partition coefficient (Wildman–Crippen LogP) is 4.17. The van der Waals surface area contributed by atoms with Gasteiger partial charge in [0.25, 0.3) is 0 Å². The number of nitrogens with zero attached hydrogens (tertiary/aromatic N) is 3. The molecule has 0 atom stereocenters. The van der Waals surface area contributed by atoms with Gasteiger partial charge in [0.15, 0.2) is 11.4 Å². The summed E-state index contributed by atoms with van der Waals surface area (Å²) in [5.74, 6) is 2.95. The van der Waals surface area contributed by atoms with E-state index in [9.17, 15) is 0 Å². The van der Waals surface area contributed by atoms with Gasteiger partial charge in [-0.15, -0.1) is 0 Å². The van der Waals surface area contributed by atoms with Crippen LogP contribution in [0.2, 0.25) is 0 Å². The van der Waals surface area contributed by atoms with E-state index in [2.05, 4.69) is 34.0 Å². The molecule has 4 nitrogen and oxygen atoms in total. The number of para-hydroxylation sites is 1. The molecule has 2 aromatic rings. The molecular weight excluding hydrogens is 298 g/mol. The molecule has 0 spiro atoms. The van der Waals surface area contributed by atoms with Crippen LogP contribution >= 0.6 is 0 Å². The quantitative estimate of drug-likeness (QED) is 0.844. The molecule has 1 saturated heterocycles. The van der Waals surface area contributed by atoms with Crippen LogP contribution in [0.15, 0.2) is 28.8 Å². The minimum absolute atomic E-state index is 0.890. The second-order valence-corrected chi connectivity index (χ2v) is 7.75. The molecule has 0 bridgehead atoms. The molecule has 130 valence electrons. The fourth-order valence-electron chi connectivity index (χ4n) is 4.27. The van der Waals surface area contributed by atoms with Gasteiger partial charge in [0.2, 0.25) is 0 Å². The molecule has 2 fully saturated rings. The highest BCUT2D eigenvalue weighted by Crippen LogP contribution is 2.31. The van der Waals surface area contributed by atoms with Crippen LogP contribution in [0.25, 0.3) is 11.0 Å². The highest BCUT2D eigenvalue weighted by molar-refractivity contribution is 5.88. The largest absolute Gasteiger partial charge is 0.354 e. The second-order valence-electron chi connectivity index (χ2n) is 7.75. The molecule has 0 radical (unpaired) electrons. The lowest BCUT2D eigenvalue weighted by molar-refractivity contribution is 0.208. The first-order valence-electron chi connectivity index (χ1n) is 9.61. The van der Waals surface area contributed by atoms with Crippen molar-refractivity contribution in [2.75, 3.05) is 37.6 Å². The van der Waals surface area contributed by atoms with Crippen molar-refractivity contribution in [3.8, 4) is 0 Å². The van der Waals surface area contributed by atoms with Crippen LogP contribution in [0, 0.1) is 11.8 Å². The maximum atomic E-state index is 5.46. The van der Waals surface area contributed by atoms with Crippen molar-refractivity contribution in [1.29, 1.82) is 0 Å². The van der Waals surface area contributed by atoms with Crippen molar-refractivity contribution in [2.45, 2.75) is 39.0 Å². The van der Waals surface area contributed by atoms with Crippen LogP contribution in [0.5, 0.6) is 0 Å². The van der Waals surface area contributed by atoms with E-state index in [1.165, 1.54) is 38.6 Å². The molecule has 0 unspecified atom stereocenters. The van der Waals surface area contributed by atoms with Crippen molar-refractivity contribution in [3.63, 3.8) is 0 Å². The van der Waals surface area contributed by atoms with Crippen LogP contribution < -0.4 is 4.90 Å². The molecule has 1 saturated carbocycles. The normalized spacial score (nSPS) is 26.1. The van der Waals surface area contributed by atoms with E-state index in [1.54, 1.807) is 0 Å². The SMILES string of the molecule is CC1CCC(CCN2CCN(c3noc4ccccc34)CC2)CC1. The van der Waals surface area contributed by atoms with E-state index >= 15 is 0 Å². The van der Waals surface area contributed by atoms with Crippen molar-refractivity contribution >= 4 is 16.8 Å². The molecule has 4 rings (SSSR count). The van der Waals surface area contributed by atoms with Gasteiger partial charge in [0, 0.05) is 26.2 Å². The van der Waals surface area contributed by atoms with Gasteiger partial charge in [0.05, 0.1) is 5.39 Å². The first-order chi connectivity index (χ1) is 11.8. The van der Waals surface area contributed by atoms with Gasteiger partial charge < -0.3 is 9.42 Å². The van der Waals surface area contributed by atoms with Crippen molar-refractivity contribution in [2.24, 2.45) is 11.8 Å². The zero-order valence-electron chi connectivity index (χ0n) is 14.8. The molecule has 1 aliphatic carbocycles. The number of piperazine rings is 1. The maximum Gasteiger partial charge on any atom is 0.180 e. The molecule has 1 aromatic carbocycles. The summed E-state index contributed by atoms with van der Waals surface area (Å²) in [7, 11) is 0. The Morgan fingerprint density at radius 1 is 1.04 bits per heavy atom. The van der Waals surface area contributed by atoms with E-state index in [0.717, 1.165) is 54.8 Å². The zero-order chi connectivity index (χ0) is 16.4. The first kappa shape index (κ1) is 15.9. The first-order valence-corrected chi connectivity index (χ1v) is 9.61. The van der Waals surface area contributed by atoms with Gasteiger partial charge in [-0.1, -0.05) is 49.9 Å². The van der Waals surface area contributed by atoms with Crippen molar-refractivity contribution < 1.29 is 4.52 Å². The Kier molecular flexibility index (Phi) is 4.74. The van der Waals surface area contributed by atoms with Gasteiger partial charge in [-0.25, -0.2) is 0 Å². The minimum atomic E-state index is 0.890. The summed E-state index contributed by atoms with van der Waals surface area (Å²) < 4.78 is 5.46. The molecule has 2 heterocycles. The van der Waals surface area contributed by atoms with Crippen LogP contribution in [0.4, 0.5) is 5.82 Å². The summed E-state index contributed by atoms with van der Waals surface area (Å²) in [5, 5.41) is 5.44. The summed E-state index contributed by atoms with van der Waals surface area (Å²) in [4.78, 5) is 5.02. The van der Waals surface area contributed by atoms with Crippen LogP contribution in [-0.2, 0) is 0 Å². The summed E-state index contributed by atoms with van der Waals surface area (Å²) in [5.41, 5.74) is 0.890. The Morgan fingerprint density at radius 2 is 1.79 bits per heavy atom. The third-order valence-electron chi connectivity index (χ3n) is 6.02. The Morgan fingerprint density at radius 3 is 2.58 bits per heavy atom. The number of hydrogen-bond donors (Lipinski definition) is 0. The topological polar surface area (TPSA) is 32.5 Å². The molecule has 24 heavy (non-hydrogen) atoms. The number of rotatable bonds is 4. The summed E-state index contributed by atoms with van der Waals surface area (Å²) >= 11 is 0.